The molecule has 0 saturated carbocycles. The van der Waals surface area contributed by atoms with Gasteiger partial charge in [0.25, 0.3) is 0 Å². The predicted molar refractivity (Wildman–Crippen MR) is 84.2 cm³/mol. The van der Waals surface area contributed by atoms with E-state index in [4.69, 9.17) is 14.4 Å². The normalized spacial score (nSPS) is 12.7. The molecule has 0 spiro atoms. The molecular formula is C16H18N2O4S. The summed E-state index contributed by atoms with van der Waals surface area (Å²) in [6.07, 6.45) is 0.724. The van der Waals surface area contributed by atoms with Crippen molar-refractivity contribution in [2.45, 2.75) is 24.3 Å². The number of hydrogen-bond donors (Lipinski definition) is 1. The molecule has 6 nitrogen and oxygen atoms in total. The van der Waals surface area contributed by atoms with Gasteiger partial charge >= 0.3 is 0 Å². The van der Waals surface area contributed by atoms with Gasteiger partial charge in [0.05, 0.1) is 23.1 Å². The zero-order chi connectivity index (χ0) is 16.9. The summed E-state index contributed by atoms with van der Waals surface area (Å²) in [7, 11) is -2.26. The summed E-state index contributed by atoms with van der Waals surface area (Å²) in [5, 5.41) is 8.78. The van der Waals surface area contributed by atoms with E-state index in [2.05, 4.69) is 4.72 Å². The van der Waals surface area contributed by atoms with Crippen LogP contribution in [0.4, 0.5) is 0 Å². The van der Waals surface area contributed by atoms with Crippen LogP contribution in [0.15, 0.2) is 45.7 Å². The van der Waals surface area contributed by atoms with Crippen LogP contribution in [-0.2, 0) is 21.2 Å². The maximum absolute atomic E-state index is 12.5. The number of aryl methyl sites for hydroxylation is 1. The Kier molecular flexibility index (Phi) is 5.55. The van der Waals surface area contributed by atoms with Crippen LogP contribution in [0, 0.1) is 11.3 Å². The first kappa shape index (κ1) is 17.2. The van der Waals surface area contributed by atoms with Crippen molar-refractivity contribution in [2.75, 3.05) is 13.7 Å². The standard InChI is InChI=1S/C16H18N2O4S/c1-3-13-6-9-16(22-13)15(11-21-2)18-23(19,20)14-7-4-12(10-17)5-8-14/h4-9,15,18H,3,11H2,1-2H3/t15-/m1/s1. The van der Waals surface area contributed by atoms with E-state index in [1.165, 1.54) is 31.4 Å². The van der Waals surface area contributed by atoms with E-state index in [-0.39, 0.29) is 11.5 Å². The third-order valence-electron chi connectivity index (χ3n) is 3.30. The van der Waals surface area contributed by atoms with Crippen molar-refractivity contribution in [3.63, 3.8) is 0 Å². The van der Waals surface area contributed by atoms with Crippen LogP contribution in [0.1, 0.15) is 30.0 Å². The molecule has 1 heterocycles. The molecule has 0 unspecified atom stereocenters. The second-order valence-electron chi connectivity index (χ2n) is 4.92. The molecule has 0 fully saturated rings. The first-order valence-corrected chi connectivity index (χ1v) is 8.58. The molecule has 23 heavy (non-hydrogen) atoms. The van der Waals surface area contributed by atoms with Crippen molar-refractivity contribution in [2.24, 2.45) is 0 Å². The van der Waals surface area contributed by atoms with Crippen molar-refractivity contribution >= 4 is 10.0 Å². The third-order valence-corrected chi connectivity index (χ3v) is 4.79. The Morgan fingerprint density at radius 1 is 1.26 bits per heavy atom. The number of nitriles is 1. The van der Waals surface area contributed by atoms with Gasteiger partial charge in [0.1, 0.15) is 17.6 Å². The van der Waals surface area contributed by atoms with Gasteiger partial charge in [0.15, 0.2) is 0 Å². The van der Waals surface area contributed by atoms with Crippen molar-refractivity contribution < 1.29 is 17.6 Å². The lowest BCUT2D eigenvalue weighted by molar-refractivity contribution is 0.166. The molecule has 1 atom stereocenters. The lowest BCUT2D eigenvalue weighted by Crippen LogP contribution is -2.31. The number of hydrogen-bond acceptors (Lipinski definition) is 5. The molecule has 2 aromatic rings. The highest BCUT2D eigenvalue weighted by molar-refractivity contribution is 7.89. The first-order chi connectivity index (χ1) is 11.0. The maximum atomic E-state index is 12.5. The minimum absolute atomic E-state index is 0.0832. The van der Waals surface area contributed by atoms with Crippen molar-refractivity contribution in [3.8, 4) is 6.07 Å². The summed E-state index contributed by atoms with van der Waals surface area (Å²) in [5.74, 6) is 1.28. The molecule has 7 heteroatoms. The Morgan fingerprint density at radius 2 is 1.96 bits per heavy atom. The SMILES string of the molecule is CCc1ccc([C@@H](COC)NS(=O)(=O)c2ccc(C#N)cc2)o1. The molecule has 0 aliphatic carbocycles. The number of methoxy groups -OCH3 is 1. The van der Waals surface area contributed by atoms with E-state index in [1.54, 1.807) is 6.07 Å². The Labute approximate surface area is 135 Å². The van der Waals surface area contributed by atoms with Crippen LogP contribution >= 0.6 is 0 Å². The van der Waals surface area contributed by atoms with Gasteiger partial charge in [-0.15, -0.1) is 0 Å². The molecule has 122 valence electrons. The maximum Gasteiger partial charge on any atom is 0.241 e. The number of sulfonamides is 1. The zero-order valence-corrected chi connectivity index (χ0v) is 13.8. The molecule has 0 aliphatic heterocycles. The van der Waals surface area contributed by atoms with Gasteiger partial charge in [0.2, 0.25) is 10.0 Å². The van der Waals surface area contributed by atoms with Gasteiger partial charge in [-0.2, -0.15) is 9.98 Å². The molecule has 1 aromatic carbocycles. The molecule has 0 saturated heterocycles. The van der Waals surface area contributed by atoms with E-state index >= 15 is 0 Å². The fourth-order valence-electron chi connectivity index (χ4n) is 2.08. The Balaban J connectivity index is 2.25. The zero-order valence-electron chi connectivity index (χ0n) is 12.9. The van der Waals surface area contributed by atoms with Crippen molar-refractivity contribution in [1.82, 2.24) is 4.72 Å². The molecule has 0 amide bonds. The number of nitrogens with one attached hydrogen (secondary N) is 1. The van der Waals surface area contributed by atoms with Gasteiger partial charge in [-0.05, 0) is 36.4 Å². The molecular weight excluding hydrogens is 316 g/mol. The van der Waals surface area contributed by atoms with Crippen LogP contribution < -0.4 is 4.72 Å². The lowest BCUT2D eigenvalue weighted by Gasteiger charge is -2.16. The van der Waals surface area contributed by atoms with Crippen LogP contribution in [0.25, 0.3) is 0 Å². The highest BCUT2D eigenvalue weighted by Crippen LogP contribution is 2.21. The molecule has 0 aliphatic rings. The molecule has 0 radical (unpaired) electrons. The number of ether oxygens (including phenoxy) is 1. The number of benzene rings is 1. The summed E-state index contributed by atoms with van der Waals surface area (Å²) in [4.78, 5) is 0.0832. The fraction of sp³-hybridized carbons (Fsp3) is 0.312. The van der Waals surface area contributed by atoms with Crippen molar-refractivity contribution in [1.29, 1.82) is 5.26 Å². The van der Waals surface area contributed by atoms with Crippen molar-refractivity contribution in [3.05, 3.63) is 53.5 Å². The van der Waals surface area contributed by atoms with E-state index in [0.29, 0.717) is 11.3 Å². The number of furan rings is 1. The average molecular weight is 334 g/mol. The van der Waals surface area contributed by atoms with E-state index in [1.807, 2.05) is 19.1 Å². The highest BCUT2D eigenvalue weighted by Gasteiger charge is 2.23. The van der Waals surface area contributed by atoms with Gasteiger partial charge in [-0.25, -0.2) is 8.42 Å². The van der Waals surface area contributed by atoms with Crippen LogP contribution in [0.3, 0.4) is 0 Å². The second kappa shape index (κ2) is 7.42. The van der Waals surface area contributed by atoms with E-state index < -0.39 is 16.1 Å². The minimum atomic E-state index is -3.75. The summed E-state index contributed by atoms with van der Waals surface area (Å²) in [6, 6.07) is 10.6. The summed E-state index contributed by atoms with van der Waals surface area (Å²) >= 11 is 0. The molecule has 2 rings (SSSR count). The van der Waals surface area contributed by atoms with Gasteiger partial charge in [-0.1, -0.05) is 6.92 Å². The average Bonchev–Trinajstić information content (AvgIpc) is 3.03. The number of nitrogens with zero attached hydrogens (tertiary/aromatic N) is 1. The van der Waals surface area contributed by atoms with Gasteiger partial charge in [0, 0.05) is 13.5 Å². The van der Waals surface area contributed by atoms with E-state index in [0.717, 1.165) is 12.2 Å². The fourth-order valence-corrected chi connectivity index (χ4v) is 3.27. The number of rotatable bonds is 7. The van der Waals surface area contributed by atoms with Crippen LogP contribution in [0.2, 0.25) is 0 Å². The molecule has 1 aromatic heterocycles. The van der Waals surface area contributed by atoms with Crippen LogP contribution in [-0.4, -0.2) is 22.1 Å². The molecule has 1 N–H and O–H groups in total. The summed E-state index contributed by atoms with van der Waals surface area (Å²) < 4.78 is 38.2. The Hall–Kier alpha value is -2.14. The van der Waals surface area contributed by atoms with E-state index in [9.17, 15) is 8.42 Å². The quantitative estimate of drug-likeness (QED) is 0.839. The summed E-state index contributed by atoms with van der Waals surface area (Å²) in [6.45, 7) is 2.10. The van der Waals surface area contributed by atoms with Crippen LogP contribution in [0.5, 0.6) is 0 Å². The molecule has 0 bridgehead atoms. The Bertz CT molecular complexity index is 788. The second-order valence-corrected chi connectivity index (χ2v) is 6.64. The largest absolute Gasteiger partial charge is 0.464 e. The van der Waals surface area contributed by atoms with Gasteiger partial charge < -0.3 is 9.15 Å². The smallest absolute Gasteiger partial charge is 0.241 e. The first-order valence-electron chi connectivity index (χ1n) is 7.10. The lowest BCUT2D eigenvalue weighted by atomic mass is 10.2. The monoisotopic (exact) mass is 334 g/mol. The minimum Gasteiger partial charge on any atom is -0.464 e. The Morgan fingerprint density at radius 3 is 2.48 bits per heavy atom. The third kappa shape index (κ3) is 4.20. The topological polar surface area (TPSA) is 92.3 Å². The summed E-state index contributed by atoms with van der Waals surface area (Å²) in [5.41, 5.74) is 0.399. The van der Waals surface area contributed by atoms with Gasteiger partial charge in [-0.3, -0.25) is 0 Å². The highest BCUT2D eigenvalue weighted by atomic mass is 32.2. The predicted octanol–water partition coefficient (Wildman–Crippen LogP) is 2.38.